The number of nitrogens with zero attached hydrogens (tertiary/aromatic N) is 6. The third-order valence-corrected chi connectivity index (χ3v) is 5.06. The third-order valence-electron chi connectivity index (χ3n) is 4.89. The molecule has 1 amide bonds. The van der Waals surface area contributed by atoms with Gasteiger partial charge in [0.25, 0.3) is 0 Å². The largest absolute Gasteiger partial charge is 0.465 e. The van der Waals surface area contributed by atoms with Gasteiger partial charge in [-0.15, -0.1) is 0 Å². The molecule has 3 aliphatic heterocycles. The molecule has 0 radical (unpaired) electrons. The fourth-order valence-electron chi connectivity index (χ4n) is 3.64. The zero-order valence-corrected chi connectivity index (χ0v) is 13.9. The molecule has 10 heteroatoms. The summed E-state index contributed by atoms with van der Waals surface area (Å²) in [5.74, 6) is 1.11. The number of morpholine rings is 1. The summed E-state index contributed by atoms with van der Waals surface area (Å²) in [6.07, 6.45) is 1.25. The van der Waals surface area contributed by atoms with Crippen molar-refractivity contribution in [2.75, 3.05) is 49.2 Å². The molecule has 9 nitrogen and oxygen atoms in total. The smallest absolute Gasteiger partial charge is 0.407 e. The van der Waals surface area contributed by atoms with E-state index in [1.54, 1.807) is 0 Å². The van der Waals surface area contributed by atoms with E-state index in [1.165, 1.54) is 4.90 Å². The Morgan fingerprint density at radius 2 is 1.67 bits per heavy atom. The summed E-state index contributed by atoms with van der Waals surface area (Å²) < 4.78 is 5.60. The van der Waals surface area contributed by atoms with E-state index in [2.05, 4.69) is 19.9 Å². The average Bonchev–Trinajstić information content (AvgIpc) is 2.83. The first-order valence-corrected chi connectivity index (χ1v) is 8.50. The van der Waals surface area contributed by atoms with Crippen LogP contribution in [-0.2, 0) is 4.74 Å². The highest BCUT2D eigenvalue weighted by Crippen LogP contribution is 2.33. The molecule has 1 N–H and O–H groups in total. The molecule has 2 bridgehead atoms. The predicted octanol–water partition coefficient (Wildman–Crippen LogP) is 0.693. The Morgan fingerprint density at radius 1 is 1.04 bits per heavy atom. The van der Waals surface area contributed by atoms with Gasteiger partial charge in [0.05, 0.1) is 25.3 Å². The molecule has 0 saturated carbocycles. The Bertz CT molecular complexity index is 623. The van der Waals surface area contributed by atoms with Gasteiger partial charge >= 0.3 is 6.09 Å². The highest BCUT2D eigenvalue weighted by Gasteiger charge is 2.39. The number of anilines is 2. The molecule has 1 aromatic heterocycles. The summed E-state index contributed by atoms with van der Waals surface area (Å²) in [4.78, 5) is 29.7. The Kier molecular flexibility index (Phi) is 4.05. The van der Waals surface area contributed by atoms with E-state index in [-0.39, 0.29) is 5.28 Å². The van der Waals surface area contributed by atoms with Crippen molar-refractivity contribution in [1.29, 1.82) is 0 Å². The standard InChI is InChI=1S/C14H19ClN6O3/c15-11-16-12(19-3-5-20(6-4-19)14(22)23)18-13(17-11)21-9-1-2-10(21)8-24-7-9/h9-10H,1-8H2,(H,22,23). The Labute approximate surface area is 144 Å². The van der Waals surface area contributed by atoms with Gasteiger partial charge in [-0.25, -0.2) is 4.79 Å². The van der Waals surface area contributed by atoms with Crippen LogP contribution in [-0.4, -0.2) is 82.5 Å². The highest BCUT2D eigenvalue weighted by atomic mass is 35.5. The number of hydrogen-bond acceptors (Lipinski definition) is 7. The first-order valence-electron chi connectivity index (χ1n) is 8.12. The molecule has 0 spiro atoms. The van der Waals surface area contributed by atoms with E-state index in [1.807, 2.05) is 4.90 Å². The van der Waals surface area contributed by atoms with E-state index < -0.39 is 6.09 Å². The van der Waals surface area contributed by atoms with Crippen molar-refractivity contribution in [3.63, 3.8) is 0 Å². The normalized spacial score (nSPS) is 26.8. The third kappa shape index (κ3) is 2.82. The quantitative estimate of drug-likeness (QED) is 0.829. The fraction of sp³-hybridized carbons (Fsp3) is 0.714. The van der Waals surface area contributed by atoms with E-state index in [0.29, 0.717) is 63.4 Å². The summed E-state index contributed by atoms with van der Waals surface area (Å²) in [6.45, 7) is 3.32. The van der Waals surface area contributed by atoms with Crippen molar-refractivity contribution in [3.8, 4) is 0 Å². The minimum Gasteiger partial charge on any atom is -0.465 e. The van der Waals surface area contributed by atoms with Gasteiger partial charge in [-0.2, -0.15) is 15.0 Å². The van der Waals surface area contributed by atoms with Crippen molar-refractivity contribution in [3.05, 3.63) is 5.28 Å². The van der Waals surface area contributed by atoms with E-state index in [9.17, 15) is 4.79 Å². The number of fused-ring (bicyclic) bond motifs is 2. The minimum absolute atomic E-state index is 0.168. The number of carbonyl (C=O) groups is 1. The Morgan fingerprint density at radius 3 is 2.29 bits per heavy atom. The van der Waals surface area contributed by atoms with Gasteiger partial charge in [-0.1, -0.05) is 0 Å². The zero-order valence-electron chi connectivity index (χ0n) is 13.1. The second-order valence-corrected chi connectivity index (χ2v) is 6.63. The first kappa shape index (κ1) is 15.6. The predicted molar refractivity (Wildman–Crippen MR) is 86.8 cm³/mol. The van der Waals surface area contributed by atoms with E-state index in [4.69, 9.17) is 21.4 Å². The Balaban J connectivity index is 1.55. The number of carboxylic acid groups (broad SMARTS) is 1. The van der Waals surface area contributed by atoms with Crippen LogP contribution in [0.15, 0.2) is 0 Å². The van der Waals surface area contributed by atoms with Gasteiger partial charge in [0.1, 0.15) is 0 Å². The molecule has 4 heterocycles. The minimum atomic E-state index is -0.895. The van der Waals surface area contributed by atoms with Crippen LogP contribution in [0.4, 0.5) is 16.7 Å². The summed E-state index contributed by atoms with van der Waals surface area (Å²) in [5, 5.41) is 9.21. The number of rotatable bonds is 2. The zero-order chi connectivity index (χ0) is 16.7. The molecule has 130 valence electrons. The maximum atomic E-state index is 11.0. The van der Waals surface area contributed by atoms with E-state index in [0.717, 1.165) is 12.8 Å². The number of aromatic nitrogens is 3. The van der Waals surface area contributed by atoms with Crippen molar-refractivity contribution in [2.45, 2.75) is 24.9 Å². The van der Waals surface area contributed by atoms with Crippen LogP contribution in [0, 0.1) is 0 Å². The van der Waals surface area contributed by atoms with E-state index >= 15 is 0 Å². The number of piperazine rings is 1. The molecule has 0 aromatic carbocycles. The molecule has 3 aliphatic rings. The van der Waals surface area contributed by atoms with Crippen LogP contribution < -0.4 is 9.80 Å². The van der Waals surface area contributed by atoms with Gasteiger partial charge in [-0.3, -0.25) is 0 Å². The van der Waals surface area contributed by atoms with Crippen LogP contribution in [0.3, 0.4) is 0 Å². The maximum absolute atomic E-state index is 11.0. The van der Waals surface area contributed by atoms with Gasteiger partial charge < -0.3 is 24.5 Å². The summed E-state index contributed by atoms with van der Waals surface area (Å²) in [5.41, 5.74) is 0. The number of amides is 1. The molecule has 0 aliphatic carbocycles. The number of halogens is 1. The SMILES string of the molecule is O=C(O)N1CCN(c2nc(Cl)nc(N3C4CCC3COC4)n2)CC1. The number of ether oxygens (including phenoxy) is 1. The van der Waals surface area contributed by atoms with Gasteiger partial charge in [0.2, 0.25) is 17.2 Å². The molecular formula is C14H19ClN6O3. The lowest BCUT2D eigenvalue weighted by Crippen LogP contribution is -2.49. The molecule has 2 atom stereocenters. The van der Waals surface area contributed by atoms with Crippen LogP contribution in [0.2, 0.25) is 5.28 Å². The van der Waals surface area contributed by atoms with Gasteiger partial charge in [0.15, 0.2) is 0 Å². The fourth-order valence-corrected chi connectivity index (χ4v) is 3.79. The molecule has 3 saturated heterocycles. The molecule has 2 unspecified atom stereocenters. The molecule has 4 rings (SSSR count). The van der Waals surface area contributed by atoms with Crippen LogP contribution in [0.5, 0.6) is 0 Å². The van der Waals surface area contributed by atoms with Crippen molar-refractivity contribution in [2.24, 2.45) is 0 Å². The molecule has 1 aromatic rings. The second kappa shape index (κ2) is 6.21. The summed E-state index contributed by atoms with van der Waals surface area (Å²) >= 11 is 6.13. The second-order valence-electron chi connectivity index (χ2n) is 6.29. The molecule has 3 fully saturated rings. The lowest BCUT2D eigenvalue weighted by Gasteiger charge is -2.36. The maximum Gasteiger partial charge on any atom is 0.407 e. The van der Waals surface area contributed by atoms with Crippen molar-refractivity contribution < 1.29 is 14.6 Å². The first-order chi connectivity index (χ1) is 11.6. The average molecular weight is 355 g/mol. The monoisotopic (exact) mass is 354 g/mol. The lowest BCUT2D eigenvalue weighted by molar-refractivity contribution is 0.0897. The lowest BCUT2D eigenvalue weighted by atomic mass is 10.2. The summed E-state index contributed by atoms with van der Waals surface area (Å²) in [7, 11) is 0. The molecule has 24 heavy (non-hydrogen) atoms. The number of hydrogen-bond donors (Lipinski definition) is 1. The van der Waals surface area contributed by atoms with Gasteiger partial charge in [0, 0.05) is 26.2 Å². The topological polar surface area (TPSA) is 94.9 Å². The molecular weight excluding hydrogens is 336 g/mol. The van der Waals surface area contributed by atoms with Crippen LogP contribution >= 0.6 is 11.6 Å². The van der Waals surface area contributed by atoms with Crippen LogP contribution in [0.1, 0.15) is 12.8 Å². The van der Waals surface area contributed by atoms with Crippen molar-refractivity contribution >= 4 is 29.6 Å². The van der Waals surface area contributed by atoms with Crippen molar-refractivity contribution in [1.82, 2.24) is 19.9 Å². The van der Waals surface area contributed by atoms with Crippen LogP contribution in [0.25, 0.3) is 0 Å². The highest BCUT2D eigenvalue weighted by molar-refractivity contribution is 6.28. The Hall–Kier alpha value is -1.87. The summed E-state index contributed by atoms with van der Waals surface area (Å²) in [6, 6.07) is 0.581. The van der Waals surface area contributed by atoms with Gasteiger partial charge in [-0.05, 0) is 24.4 Å².